The maximum Gasteiger partial charge on any atom is 0.331 e. The quantitative estimate of drug-likeness (QED) is 0.511. The summed E-state index contributed by atoms with van der Waals surface area (Å²) in [5.41, 5.74) is 0. The van der Waals surface area contributed by atoms with E-state index in [1.54, 1.807) is 0 Å². The minimum Gasteiger partial charge on any atom is -0.480 e. The molecule has 6 heteroatoms. The first kappa shape index (κ1) is 8.35. The fourth-order valence-corrected chi connectivity index (χ4v) is 1.78. The molecular weight excluding hydrogens is 170 g/mol. The number of carbonyl (C=O) groups is 2. The Kier molecular flexibility index (Phi) is 2.35. The van der Waals surface area contributed by atoms with Gasteiger partial charge in [0.05, 0.1) is 0 Å². The van der Waals surface area contributed by atoms with E-state index in [-0.39, 0.29) is 0 Å². The standard InChI is InChI=1S/C5H7NO4S/c7-4(8)2-1-11-3(6-2)5(9)10/h2-3,6H,1H2,(H,7,8)(H,9,10)/t2-,3-/m0/s1. The Bertz CT molecular complexity index is 175. The van der Waals surface area contributed by atoms with E-state index in [1.807, 2.05) is 0 Å². The fraction of sp³-hybridized carbons (Fsp3) is 0.600. The van der Waals surface area contributed by atoms with E-state index in [9.17, 15) is 9.59 Å². The number of carboxylic acids is 2. The summed E-state index contributed by atoms with van der Waals surface area (Å²) in [5.74, 6) is -1.70. The predicted molar refractivity (Wildman–Crippen MR) is 38.4 cm³/mol. The molecular formula is C5H7NO4S. The molecule has 2 atom stereocenters. The molecule has 1 heterocycles. The summed E-state index contributed by atoms with van der Waals surface area (Å²) in [5, 5.41) is 18.6. The maximum atomic E-state index is 10.3. The molecule has 0 aliphatic carbocycles. The van der Waals surface area contributed by atoms with E-state index >= 15 is 0 Å². The summed E-state index contributed by atoms with van der Waals surface area (Å²) < 4.78 is 0. The average molecular weight is 177 g/mol. The number of hydrogen-bond acceptors (Lipinski definition) is 4. The zero-order chi connectivity index (χ0) is 8.43. The van der Waals surface area contributed by atoms with Crippen molar-refractivity contribution in [2.75, 3.05) is 5.75 Å². The number of aliphatic carboxylic acids is 2. The van der Waals surface area contributed by atoms with Gasteiger partial charge in [-0.1, -0.05) is 0 Å². The Morgan fingerprint density at radius 3 is 2.27 bits per heavy atom. The molecule has 0 radical (unpaired) electrons. The van der Waals surface area contributed by atoms with Crippen LogP contribution in [0.3, 0.4) is 0 Å². The van der Waals surface area contributed by atoms with E-state index in [2.05, 4.69) is 5.32 Å². The molecule has 0 spiro atoms. The molecule has 5 nitrogen and oxygen atoms in total. The number of carboxylic acid groups (broad SMARTS) is 2. The maximum absolute atomic E-state index is 10.3. The zero-order valence-electron chi connectivity index (χ0n) is 5.48. The Morgan fingerprint density at radius 1 is 1.36 bits per heavy atom. The molecule has 0 aromatic carbocycles. The first-order valence-electron chi connectivity index (χ1n) is 2.94. The van der Waals surface area contributed by atoms with Gasteiger partial charge in [0.2, 0.25) is 0 Å². The van der Waals surface area contributed by atoms with Crippen molar-refractivity contribution in [3.63, 3.8) is 0 Å². The van der Waals surface area contributed by atoms with Gasteiger partial charge < -0.3 is 10.2 Å². The fourth-order valence-electron chi connectivity index (χ4n) is 0.757. The lowest BCUT2D eigenvalue weighted by Gasteiger charge is -2.04. The Balaban J connectivity index is 2.47. The first-order valence-corrected chi connectivity index (χ1v) is 3.99. The second-order valence-corrected chi connectivity index (χ2v) is 3.25. The van der Waals surface area contributed by atoms with Gasteiger partial charge in [-0.15, -0.1) is 11.8 Å². The molecule has 11 heavy (non-hydrogen) atoms. The molecule has 1 aliphatic rings. The number of hydrogen-bond donors (Lipinski definition) is 3. The van der Waals surface area contributed by atoms with Crippen LogP contribution in [0.25, 0.3) is 0 Å². The molecule has 0 aromatic rings. The van der Waals surface area contributed by atoms with E-state index < -0.39 is 23.4 Å². The van der Waals surface area contributed by atoms with Crippen molar-refractivity contribution in [2.24, 2.45) is 0 Å². The van der Waals surface area contributed by atoms with Gasteiger partial charge in [0.1, 0.15) is 6.04 Å². The highest BCUT2D eigenvalue weighted by Gasteiger charge is 2.33. The van der Waals surface area contributed by atoms with Crippen molar-refractivity contribution in [3.05, 3.63) is 0 Å². The zero-order valence-corrected chi connectivity index (χ0v) is 6.30. The lowest BCUT2D eigenvalue weighted by atomic mass is 10.3. The van der Waals surface area contributed by atoms with Crippen LogP contribution in [-0.4, -0.2) is 39.3 Å². The van der Waals surface area contributed by atoms with Gasteiger partial charge in [-0.05, 0) is 0 Å². The van der Waals surface area contributed by atoms with E-state index in [4.69, 9.17) is 10.2 Å². The lowest BCUT2D eigenvalue weighted by molar-refractivity contribution is -0.139. The molecule has 1 saturated heterocycles. The third kappa shape index (κ3) is 1.84. The molecule has 0 bridgehead atoms. The van der Waals surface area contributed by atoms with Gasteiger partial charge in [0.15, 0.2) is 5.37 Å². The second kappa shape index (κ2) is 3.10. The Morgan fingerprint density at radius 2 is 2.00 bits per heavy atom. The van der Waals surface area contributed by atoms with Crippen LogP contribution in [0.15, 0.2) is 0 Å². The summed E-state index contributed by atoms with van der Waals surface area (Å²) >= 11 is 1.10. The summed E-state index contributed by atoms with van der Waals surface area (Å²) in [4.78, 5) is 20.6. The number of thioether (sulfide) groups is 1. The van der Waals surface area contributed by atoms with Crippen LogP contribution < -0.4 is 5.32 Å². The monoisotopic (exact) mass is 177 g/mol. The summed E-state index contributed by atoms with van der Waals surface area (Å²) in [6.45, 7) is 0. The Hall–Kier alpha value is -0.750. The predicted octanol–water partition coefficient (Wildman–Crippen LogP) is -0.813. The van der Waals surface area contributed by atoms with Gasteiger partial charge in [-0.2, -0.15) is 0 Å². The summed E-state index contributed by atoms with van der Waals surface area (Å²) in [6, 6.07) is -0.721. The highest BCUT2D eigenvalue weighted by molar-refractivity contribution is 8.00. The van der Waals surface area contributed by atoms with Crippen LogP contribution in [0, 0.1) is 0 Å². The highest BCUT2D eigenvalue weighted by atomic mass is 32.2. The third-order valence-corrected chi connectivity index (χ3v) is 2.50. The van der Waals surface area contributed by atoms with Crippen LogP contribution in [0.1, 0.15) is 0 Å². The van der Waals surface area contributed by atoms with Crippen molar-refractivity contribution in [2.45, 2.75) is 11.4 Å². The van der Waals surface area contributed by atoms with Crippen LogP contribution in [-0.2, 0) is 9.59 Å². The minimum atomic E-state index is -1.02. The van der Waals surface area contributed by atoms with Gasteiger partial charge in [-0.3, -0.25) is 10.1 Å². The third-order valence-electron chi connectivity index (χ3n) is 1.30. The highest BCUT2D eigenvalue weighted by Crippen LogP contribution is 2.18. The second-order valence-electron chi connectivity index (χ2n) is 2.11. The topological polar surface area (TPSA) is 86.6 Å². The summed E-state index contributed by atoms with van der Waals surface area (Å²) in [6.07, 6.45) is 0. The summed E-state index contributed by atoms with van der Waals surface area (Å²) in [7, 11) is 0. The van der Waals surface area contributed by atoms with Crippen LogP contribution in [0.4, 0.5) is 0 Å². The average Bonchev–Trinajstić information content (AvgIpc) is 2.33. The molecule has 0 amide bonds. The first-order chi connectivity index (χ1) is 5.11. The molecule has 3 N–H and O–H groups in total. The SMILES string of the molecule is O=C(O)[C@@H]1CS[C@@H](C(=O)O)N1. The molecule has 1 rings (SSSR count). The largest absolute Gasteiger partial charge is 0.480 e. The van der Waals surface area contributed by atoms with Crippen molar-refractivity contribution in [3.8, 4) is 0 Å². The van der Waals surface area contributed by atoms with Crippen molar-refractivity contribution in [1.82, 2.24) is 5.32 Å². The number of rotatable bonds is 2. The number of nitrogens with one attached hydrogen (secondary N) is 1. The van der Waals surface area contributed by atoms with Gasteiger partial charge in [-0.25, -0.2) is 4.79 Å². The normalized spacial score (nSPS) is 30.2. The van der Waals surface area contributed by atoms with Gasteiger partial charge in [0.25, 0.3) is 0 Å². The Labute approximate surface area is 66.8 Å². The van der Waals surface area contributed by atoms with Crippen LogP contribution in [0.5, 0.6) is 0 Å². The van der Waals surface area contributed by atoms with Gasteiger partial charge >= 0.3 is 11.9 Å². The molecule has 0 aromatic heterocycles. The molecule has 62 valence electrons. The van der Waals surface area contributed by atoms with Crippen LogP contribution >= 0.6 is 11.8 Å². The van der Waals surface area contributed by atoms with E-state index in [0.717, 1.165) is 11.8 Å². The minimum absolute atomic E-state index is 0.312. The molecule has 1 aliphatic heterocycles. The molecule has 0 unspecified atom stereocenters. The van der Waals surface area contributed by atoms with Gasteiger partial charge in [0, 0.05) is 5.75 Å². The molecule has 0 saturated carbocycles. The smallest absolute Gasteiger partial charge is 0.331 e. The van der Waals surface area contributed by atoms with Crippen molar-refractivity contribution in [1.29, 1.82) is 0 Å². The van der Waals surface area contributed by atoms with Crippen molar-refractivity contribution < 1.29 is 19.8 Å². The molecule has 1 fully saturated rings. The van der Waals surface area contributed by atoms with Crippen LogP contribution in [0.2, 0.25) is 0 Å². The van der Waals surface area contributed by atoms with E-state index in [1.165, 1.54) is 0 Å². The van der Waals surface area contributed by atoms with Crippen molar-refractivity contribution >= 4 is 23.7 Å². The van der Waals surface area contributed by atoms with E-state index in [0.29, 0.717) is 5.75 Å². The lowest BCUT2D eigenvalue weighted by Crippen LogP contribution is -2.39.